The molecule has 0 aliphatic rings. The quantitative estimate of drug-likeness (QED) is 0.0286. The van der Waals surface area contributed by atoms with Crippen LogP contribution in [0.2, 0.25) is 0 Å². The van der Waals surface area contributed by atoms with E-state index in [4.69, 9.17) is 19.3 Å². The van der Waals surface area contributed by atoms with Gasteiger partial charge in [-0.15, -0.1) is 0 Å². The predicted octanol–water partition coefficient (Wildman–Crippen LogP) is 11.9. The maximum Gasteiger partial charge on any atom is 0.469 e. The minimum absolute atomic E-state index is 0.129. The Morgan fingerprint density at radius 2 is 0.961 bits per heavy atom. The number of phosphoric acid groups is 1. The van der Waals surface area contributed by atoms with Crippen molar-refractivity contribution < 1.29 is 37.9 Å². The number of esters is 2. The molecule has 0 fully saturated rings. The Kier molecular flexibility index (Phi) is 35.4. The van der Waals surface area contributed by atoms with E-state index in [9.17, 15) is 14.2 Å². The molecule has 2 N–H and O–H groups in total. The average Bonchev–Trinajstić information content (AvgIpc) is 3.10. The first kappa shape index (κ1) is 48.5. The van der Waals surface area contributed by atoms with Crippen molar-refractivity contribution in [3.05, 3.63) is 72.9 Å². The van der Waals surface area contributed by atoms with Gasteiger partial charge in [-0.3, -0.25) is 14.1 Å². The highest BCUT2D eigenvalue weighted by Gasteiger charge is 2.22. The van der Waals surface area contributed by atoms with Crippen molar-refractivity contribution in [2.24, 2.45) is 0 Å². The first-order chi connectivity index (χ1) is 24.8. The molecule has 0 unspecified atom stereocenters. The van der Waals surface area contributed by atoms with Crippen LogP contribution in [-0.2, 0) is 28.2 Å². The van der Waals surface area contributed by atoms with Crippen LogP contribution in [0.4, 0.5) is 0 Å². The zero-order chi connectivity index (χ0) is 37.5. The van der Waals surface area contributed by atoms with E-state index < -0.39 is 32.5 Å². The van der Waals surface area contributed by atoms with E-state index in [1.54, 1.807) is 0 Å². The van der Waals surface area contributed by atoms with Gasteiger partial charge in [0.05, 0.1) is 6.61 Å². The molecule has 0 aromatic heterocycles. The Bertz CT molecular complexity index is 1050. The summed E-state index contributed by atoms with van der Waals surface area (Å²) in [4.78, 5) is 42.7. The topological polar surface area (TPSA) is 119 Å². The molecule has 8 nitrogen and oxygen atoms in total. The van der Waals surface area contributed by atoms with Crippen molar-refractivity contribution in [2.45, 2.75) is 168 Å². The van der Waals surface area contributed by atoms with E-state index in [0.29, 0.717) is 19.3 Å². The third-order valence-corrected chi connectivity index (χ3v) is 8.44. The van der Waals surface area contributed by atoms with E-state index >= 15 is 0 Å². The number of hydrogen-bond acceptors (Lipinski definition) is 6. The van der Waals surface area contributed by atoms with Gasteiger partial charge >= 0.3 is 19.8 Å². The molecular weight excluding hydrogens is 663 g/mol. The van der Waals surface area contributed by atoms with Gasteiger partial charge < -0.3 is 19.3 Å². The molecule has 0 bridgehead atoms. The zero-order valence-electron chi connectivity index (χ0n) is 32.0. The van der Waals surface area contributed by atoms with Crippen LogP contribution < -0.4 is 0 Å². The number of allylic oxidation sites excluding steroid dienone is 12. The Balaban J connectivity index is 4.08. The molecule has 0 heterocycles. The molecular formula is C42H71O8P. The van der Waals surface area contributed by atoms with Crippen molar-refractivity contribution >= 4 is 19.8 Å². The number of phosphoric ester groups is 1. The second-order valence-corrected chi connectivity index (χ2v) is 14.1. The molecule has 0 aliphatic heterocycles. The molecule has 0 saturated carbocycles. The van der Waals surface area contributed by atoms with Crippen molar-refractivity contribution in [3.8, 4) is 0 Å². The maximum absolute atomic E-state index is 12.4. The number of hydrogen-bond donors (Lipinski definition) is 2. The van der Waals surface area contributed by atoms with E-state index in [1.807, 2.05) is 12.2 Å². The second-order valence-electron chi connectivity index (χ2n) is 12.9. The number of ether oxygens (including phenoxy) is 2. The van der Waals surface area contributed by atoms with Gasteiger partial charge in [-0.2, -0.15) is 0 Å². The second kappa shape index (κ2) is 37.3. The fourth-order valence-corrected chi connectivity index (χ4v) is 5.41. The minimum atomic E-state index is -4.77. The summed E-state index contributed by atoms with van der Waals surface area (Å²) in [6.45, 7) is 3.50. The van der Waals surface area contributed by atoms with Crippen LogP contribution >= 0.6 is 7.82 Å². The fourth-order valence-electron chi connectivity index (χ4n) is 5.05. The number of rotatable bonds is 35. The van der Waals surface area contributed by atoms with Gasteiger partial charge in [-0.25, -0.2) is 4.57 Å². The van der Waals surface area contributed by atoms with E-state index in [-0.39, 0.29) is 19.4 Å². The summed E-state index contributed by atoms with van der Waals surface area (Å²) in [7, 11) is -4.77. The standard InChI is InChI=1S/C42H71O8P/c1-3-5-7-9-11-13-15-17-19-21-23-25-27-29-31-33-35-37-42(44)50-40(39-49-51(45,46)47)38-48-41(43)36-34-32-30-28-26-24-22-20-18-16-14-12-10-8-6-4-2/h5,7,11,13,17,19-20,22-23,25,29,31,40H,3-4,6,8-10,12,14-16,18,21,24,26-28,30,32-39H2,1-2H3,(H2,45,46,47)/b7-5-,13-11-,19-17-,22-20-,25-23-,31-29-/t40-/m1/s1. The Morgan fingerprint density at radius 3 is 1.49 bits per heavy atom. The van der Waals surface area contributed by atoms with E-state index in [0.717, 1.165) is 64.2 Å². The van der Waals surface area contributed by atoms with Crippen LogP contribution in [0.1, 0.15) is 162 Å². The van der Waals surface area contributed by atoms with E-state index in [2.05, 4.69) is 79.1 Å². The highest BCUT2D eigenvalue weighted by molar-refractivity contribution is 7.46. The first-order valence-electron chi connectivity index (χ1n) is 19.7. The predicted molar refractivity (Wildman–Crippen MR) is 211 cm³/mol. The largest absolute Gasteiger partial charge is 0.469 e. The van der Waals surface area contributed by atoms with Crippen molar-refractivity contribution in [1.82, 2.24) is 0 Å². The van der Waals surface area contributed by atoms with Crippen molar-refractivity contribution in [1.29, 1.82) is 0 Å². The van der Waals surface area contributed by atoms with Gasteiger partial charge in [-0.05, 0) is 77.0 Å². The summed E-state index contributed by atoms with van der Waals surface area (Å²) in [5.41, 5.74) is 0. The van der Waals surface area contributed by atoms with Gasteiger partial charge in [-0.1, -0.05) is 145 Å². The lowest BCUT2D eigenvalue weighted by Gasteiger charge is -2.18. The van der Waals surface area contributed by atoms with Crippen LogP contribution in [-0.4, -0.2) is 41.0 Å². The molecule has 0 radical (unpaired) electrons. The van der Waals surface area contributed by atoms with Gasteiger partial charge in [0, 0.05) is 12.8 Å². The molecule has 9 heteroatoms. The Hall–Kier alpha value is -2.51. The van der Waals surface area contributed by atoms with Gasteiger partial charge in [0.25, 0.3) is 0 Å². The summed E-state index contributed by atoms with van der Waals surface area (Å²) in [5.74, 6) is -0.968. The van der Waals surface area contributed by atoms with Crippen LogP contribution in [0.5, 0.6) is 0 Å². The zero-order valence-corrected chi connectivity index (χ0v) is 32.9. The van der Waals surface area contributed by atoms with Gasteiger partial charge in [0.2, 0.25) is 0 Å². The molecule has 51 heavy (non-hydrogen) atoms. The van der Waals surface area contributed by atoms with Crippen LogP contribution in [0.25, 0.3) is 0 Å². The average molecular weight is 735 g/mol. The molecule has 0 rings (SSSR count). The monoisotopic (exact) mass is 734 g/mol. The lowest BCUT2D eigenvalue weighted by molar-refractivity contribution is -0.161. The first-order valence-corrected chi connectivity index (χ1v) is 21.3. The molecule has 1 atom stereocenters. The highest BCUT2D eigenvalue weighted by atomic mass is 31.2. The number of carbonyl (C=O) groups excluding carboxylic acids is 2. The molecule has 292 valence electrons. The summed E-state index contributed by atoms with van der Waals surface area (Å²) < 4.78 is 26.3. The molecule has 0 saturated heterocycles. The smallest absolute Gasteiger partial charge is 0.462 e. The molecule has 0 spiro atoms. The summed E-state index contributed by atoms with van der Waals surface area (Å²) in [6, 6.07) is 0. The summed E-state index contributed by atoms with van der Waals surface area (Å²) >= 11 is 0. The highest BCUT2D eigenvalue weighted by Crippen LogP contribution is 2.36. The molecule has 0 aromatic carbocycles. The third-order valence-electron chi connectivity index (χ3n) is 7.96. The summed E-state index contributed by atoms with van der Waals surface area (Å²) in [5, 5.41) is 0. The van der Waals surface area contributed by atoms with E-state index in [1.165, 1.54) is 51.4 Å². The van der Waals surface area contributed by atoms with Crippen molar-refractivity contribution in [2.75, 3.05) is 13.2 Å². The normalized spacial score (nSPS) is 13.3. The Labute approximate surface area is 310 Å². The van der Waals surface area contributed by atoms with Crippen LogP contribution in [0.15, 0.2) is 72.9 Å². The van der Waals surface area contributed by atoms with Crippen molar-refractivity contribution in [3.63, 3.8) is 0 Å². The SMILES string of the molecule is CC/C=C\C/C=C\C/C=C\C/C=C\C/C=C\CCCC(=O)O[C@H](COC(=O)CCCCCCC/C=C\CCCCCCCCC)COP(=O)(O)O. The van der Waals surface area contributed by atoms with Gasteiger partial charge in [0.1, 0.15) is 6.61 Å². The lowest BCUT2D eigenvalue weighted by Crippen LogP contribution is -2.29. The third kappa shape index (κ3) is 40.1. The van der Waals surface area contributed by atoms with Crippen LogP contribution in [0, 0.1) is 0 Å². The fraction of sp³-hybridized carbons (Fsp3) is 0.667. The number of unbranched alkanes of at least 4 members (excludes halogenated alkanes) is 13. The molecule has 0 aliphatic carbocycles. The summed E-state index contributed by atoms with van der Waals surface area (Å²) in [6.07, 6.45) is 47.7. The van der Waals surface area contributed by atoms with Crippen LogP contribution in [0.3, 0.4) is 0 Å². The molecule has 0 amide bonds. The van der Waals surface area contributed by atoms with Gasteiger partial charge in [0.15, 0.2) is 6.10 Å². The molecule has 0 aromatic rings. The number of carbonyl (C=O) groups is 2. The minimum Gasteiger partial charge on any atom is -0.462 e. The maximum atomic E-state index is 12.4. The Morgan fingerprint density at radius 1 is 0.529 bits per heavy atom. The lowest BCUT2D eigenvalue weighted by atomic mass is 10.1.